The zero-order valence-electron chi connectivity index (χ0n) is 13.6. The summed E-state index contributed by atoms with van der Waals surface area (Å²) >= 11 is 1.47. The lowest BCUT2D eigenvalue weighted by molar-refractivity contribution is 0.273. The molecule has 0 bridgehead atoms. The third-order valence-electron chi connectivity index (χ3n) is 4.48. The Morgan fingerprint density at radius 2 is 2.28 bits per heavy atom. The van der Waals surface area contributed by atoms with Crippen LogP contribution in [0.15, 0.2) is 35.1 Å². The standard InChI is InChI=1S/C18H17FN2O3S/c1-10-17(15-5-11(15)8-22)21-16(23)7-13(20-18(21)25-10)9-24-14-4-2-3-12(19)6-14/h2-4,6-7,11,15,22H,5,8-9H2,1H3. The van der Waals surface area contributed by atoms with E-state index in [0.29, 0.717) is 16.4 Å². The Morgan fingerprint density at radius 3 is 3.00 bits per heavy atom. The Balaban J connectivity index is 1.63. The molecule has 0 amide bonds. The van der Waals surface area contributed by atoms with Crippen LogP contribution >= 0.6 is 11.3 Å². The van der Waals surface area contributed by atoms with Gasteiger partial charge in [-0.2, -0.15) is 0 Å². The minimum atomic E-state index is -0.373. The maximum absolute atomic E-state index is 13.2. The van der Waals surface area contributed by atoms with Crippen molar-refractivity contribution in [2.45, 2.75) is 25.9 Å². The highest BCUT2D eigenvalue weighted by atomic mass is 32.1. The topological polar surface area (TPSA) is 63.8 Å². The van der Waals surface area contributed by atoms with Crippen molar-refractivity contribution in [3.05, 3.63) is 62.8 Å². The van der Waals surface area contributed by atoms with Crippen LogP contribution < -0.4 is 10.3 Å². The first-order chi connectivity index (χ1) is 12.1. The largest absolute Gasteiger partial charge is 0.487 e. The number of hydrogen-bond acceptors (Lipinski definition) is 5. The van der Waals surface area contributed by atoms with E-state index in [1.54, 1.807) is 16.5 Å². The van der Waals surface area contributed by atoms with Crippen molar-refractivity contribution in [3.8, 4) is 5.75 Å². The molecule has 2 atom stereocenters. The van der Waals surface area contributed by atoms with Gasteiger partial charge in [-0.05, 0) is 31.4 Å². The van der Waals surface area contributed by atoms with Crippen LogP contribution in [-0.4, -0.2) is 21.1 Å². The van der Waals surface area contributed by atoms with Crippen LogP contribution in [0.1, 0.15) is 28.6 Å². The predicted molar refractivity (Wildman–Crippen MR) is 92.7 cm³/mol. The van der Waals surface area contributed by atoms with E-state index in [1.807, 2.05) is 6.92 Å². The molecule has 1 saturated carbocycles. The Bertz CT molecular complexity index is 998. The zero-order chi connectivity index (χ0) is 17.6. The monoisotopic (exact) mass is 360 g/mol. The van der Waals surface area contributed by atoms with E-state index in [2.05, 4.69) is 4.98 Å². The number of aliphatic hydroxyl groups is 1. The summed E-state index contributed by atoms with van der Waals surface area (Å²) in [6.45, 7) is 2.22. The van der Waals surface area contributed by atoms with Gasteiger partial charge in [0.1, 0.15) is 18.2 Å². The van der Waals surface area contributed by atoms with Gasteiger partial charge in [-0.1, -0.05) is 6.07 Å². The second kappa shape index (κ2) is 6.24. The molecule has 2 unspecified atom stereocenters. The number of fused-ring (bicyclic) bond motifs is 1. The molecule has 2 heterocycles. The van der Waals surface area contributed by atoms with Crippen molar-refractivity contribution >= 4 is 16.3 Å². The third kappa shape index (κ3) is 3.05. The molecular formula is C18H17FN2O3S. The molecule has 0 saturated heterocycles. The number of aliphatic hydroxyl groups excluding tert-OH is 1. The molecule has 0 radical (unpaired) electrons. The van der Waals surface area contributed by atoms with Crippen LogP contribution in [-0.2, 0) is 6.61 Å². The Hall–Kier alpha value is -2.25. The molecule has 0 aliphatic heterocycles. The van der Waals surface area contributed by atoms with Crippen molar-refractivity contribution in [3.63, 3.8) is 0 Å². The molecule has 130 valence electrons. The molecule has 1 N–H and O–H groups in total. The summed E-state index contributed by atoms with van der Waals surface area (Å²) in [5, 5.41) is 9.31. The van der Waals surface area contributed by atoms with Crippen molar-refractivity contribution in [1.29, 1.82) is 0 Å². The summed E-state index contributed by atoms with van der Waals surface area (Å²) in [5.41, 5.74) is 1.33. The number of nitrogens with zero attached hydrogens (tertiary/aromatic N) is 2. The van der Waals surface area contributed by atoms with E-state index < -0.39 is 0 Å². The highest BCUT2D eigenvalue weighted by molar-refractivity contribution is 7.17. The van der Waals surface area contributed by atoms with Crippen molar-refractivity contribution in [2.75, 3.05) is 6.61 Å². The molecule has 1 aromatic carbocycles. The number of benzene rings is 1. The number of hydrogen-bond donors (Lipinski definition) is 1. The fourth-order valence-electron chi connectivity index (χ4n) is 3.14. The van der Waals surface area contributed by atoms with E-state index in [9.17, 15) is 14.3 Å². The molecule has 4 rings (SSSR count). The first-order valence-corrected chi connectivity index (χ1v) is 8.89. The van der Waals surface area contributed by atoms with Gasteiger partial charge < -0.3 is 9.84 Å². The maximum Gasteiger partial charge on any atom is 0.259 e. The zero-order valence-corrected chi connectivity index (χ0v) is 14.4. The molecular weight excluding hydrogens is 343 g/mol. The van der Waals surface area contributed by atoms with Gasteiger partial charge in [-0.15, -0.1) is 11.3 Å². The Kier molecular flexibility index (Phi) is 4.05. The molecule has 1 fully saturated rings. The van der Waals surface area contributed by atoms with Gasteiger partial charge in [0.05, 0.1) is 5.69 Å². The number of halogens is 1. The van der Waals surface area contributed by atoms with Crippen molar-refractivity contribution in [1.82, 2.24) is 9.38 Å². The number of aryl methyl sites for hydroxylation is 1. The van der Waals surface area contributed by atoms with Crippen LogP contribution in [0.5, 0.6) is 5.75 Å². The van der Waals surface area contributed by atoms with Crippen LogP contribution in [0, 0.1) is 18.7 Å². The smallest absolute Gasteiger partial charge is 0.259 e. The highest BCUT2D eigenvalue weighted by Gasteiger charge is 2.41. The minimum Gasteiger partial charge on any atom is -0.487 e. The fourth-order valence-corrected chi connectivity index (χ4v) is 4.21. The average molecular weight is 360 g/mol. The molecule has 25 heavy (non-hydrogen) atoms. The number of ether oxygens (including phenoxy) is 1. The SMILES string of the molecule is Cc1sc2nc(COc3cccc(F)c3)cc(=O)n2c1C1CC1CO. The van der Waals surface area contributed by atoms with Gasteiger partial charge in [0.25, 0.3) is 5.56 Å². The number of rotatable bonds is 5. The average Bonchev–Trinajstić information content (AvgIpc) is 3.28. The fraction of sp³-hybridized carbons (Fsp3) is 0.333. The van der Waals surface area contributed by atoms with Gasteiger partial charge in [-0.3, -0.25) is 9.20 Å². The molecule has 3 aromatic rings. The van der Waals surface area contributed by atoms with Crippen LogP contribution in [0.2, 0.25) is 0 Å². The van der Waals surface area contributed by atoms with Crippen molar-refractivity contribution < 1.29 is 14.2 Å². The third-order valence-corrected chi connectivity index (χ3v) is 5.45. The molecule has 7 heteroatoms. The molecule has 1 aliphatic carbocycles. The van der Waals surface area contributed by atoms with Gasteiger partial charge in [0.2, 0.25) is 0 Å². The summed E-state index contributed by atoms with van der Waals surface area (Å²) in [4.78, 5) is 18.8. The van der Waals surface area contributed by atoms with Gasteiger partial charge in [0.15, 0.2) is 4.96 Å². The van der Waals surface area contributed by atoms with Gasteiger partial charge in [0, 0.05) is 35.2 Å². The van der Waals surface area contributed by atoms with E-state index in [1.165, 1.54) is 29.5 Å². The highest BCUT2D eigenvalue weighted by Crippen LogP contribution is 2.49. The summed E-state index contributed by atoms with van der Waals surface area (Å²) in [7, 11) is 0. The first-order valence-electron chi connectivity index (χ1n) is 8.08. The lowest BCUT2D eigenvalue weighted by Gasteiger charge is -2.06. The van der Waals surface area contributed by atoms with E-state index in [4.69, 9.17) is 4.74 Å². The molecule has 2 aromatic heterocycles. The second-order valence-electron chi connectivity index (χ2n) is 6.28. The Morgan fingerprint density at radius 1 is 1.44 bits per heavy atom. The van der Waals surface area contributed by atoms with Gasteiger partial charge >= 0.3 is 0 Å². The van der Waals surface area contributed by atoms with E-state index >= 15 is 0 Å². The summed E-state index contributed by atoms with van der Waals surface area (Å²) in [5.74, 6) is 0.489. The predicted octanol–water partition coefficient (Wildman–Crippen LogP) is 2.88. The lowest BCUT2D eigenvalue weighted by Crippen LogP contribution is -2.17. The minimum absolute atomic E-state index is 0.101. The molecule has 5 nitrogen and oxygen atoms in total. The lowest BCUT2D eigenvalue weighted by atomic mass is 10.2. The van der Waals surface area contributed by atoms with Gasteiger partial charge in [-0.25, -0.2) is 9.37 Å². The summed E-state index contributed by atoms with van der Waals surface area (Å²) < 4.78 is 20.4. The molecule has 1 aliphatic rings. The Labute approximate surface area is 147 Å². The van der Waals surface area contributed by atoms with Crippen LogP contribution in [0.3, 0.4) is 0 Å². The van der Waals surface area contributed by atoms with E-state index in [-0.39, 0.29) is 36.4 Å². The van der Waals surface area contributed by atoms with Crippen molar-refractivity contribution in [2.24, 2.45) is 5.92 Å². The van der Waals surface area contributed by atoms with Crippen LogP contribution in [0.25, 0.3) is 4.96 Å². The molecule has 0 spiro atoms. The number of thiazole rings is 1. The quantitative estimate of drug-likeness (QED) is 0.760. The normalized spacial score (nSPS) is 19.3. The van der Waals surface area contributed by atoms with E-state index in [0.717, 1.165) is 17.0 Å². The summed E-state index contributed by atoms with van der Waals surface area (Å²) in [6.07, 6.45) is 0.903. The summed E-state index contributed by atoms with van der Waals surface area (Å²) in [6, 6.07) is 7.32. The second-order valence-corrected chi connectivity index (χ2v) is 7.46. The van der Waals surface area contributed by atoms with Crippen LogP contribution in [0.4, 0.5) is 4.39 Å². The number of aromatic nitrogens is 2. The first kappa shape index (κ1) is 16.2. The maximum atomic E-state index is 13.2.